The topological polar surface area (TPSA) is 69.1 Å². The highest BCUT2D eigenvalue weighted by Crippen LogP contribution is 2.27. The van der Waals surface area contributed by atoms with Crippen LogP contribution < -0.4 is 5.73 Å². The Morgan fingerprint density at radius 2 is 2.13 bits per heavy atom. The normalized spacial score (nSPS) is 11.4. The number of benzene rings is 1. The predicted molar refractivity (Wildman–Crippen MR) is 91.2 cm³/mol. The Balaban J connectivity index is 1.62. The minimum absolute atomic E-state index is 0.207. The van der Waals surface area contributed by atoms with Crippen molar-refractivity contribution in [2.24, 2.45) is 5.73 Å². The van der Waals surface area contributed by atoms with Gasteiger partial charge in [-0.15, -0.1) is 15.3 Å². The molecular weight excluding hydrogens is 333 g/mol. The lowest BCUT2D eigenvalue weighted by Crippen LogP contribution is -2.00. The minimum atomic E-state index is -0.207. The van der Waals surface area contributed by atoms with Crippen LogP contribution in [0.3, 0.4) is 0 Å². The van der Waals surface area contributed by atoms with E-state index in [-0.39, 0.29) is 5.82 Å². The van der Waals surface area contributed by atoms with Gasteiger partial charge in [0.1, 0.15) is 5.82 Å². The van der Waals surface area contributed by atoms with Gasteiger partial charge < -0.3 is 5.73 Å². The number of nitrogens with two attached hydrogens (primary N) is 1. The highest BCUT2D eigenvalue weighted by atomic mass is 32.2. The summed E-state index contributed by atoms with van der Waals surface area (Å²) in [4.78, 5) is 0.806. The van der Waals surface area contributed by atoms with Gasteiger partial charge in [0.25, 0.3) is 0 Å². The van der Waals surface area contributed by atoms with Crippen molar-refractivity contribution >= 4 is 28.1 Å². The van der Waals surface area contributed by atoms with Crippen LogP contribution in [0.2, 0.25) is 0 Å². The van der Waals surface area contributed by atoms with E-state index in [1.807, 2.05) is 10.6 Å². The lowest BCUT2D eigenvalue weighted by molar-refractivity contribution is 0.626. The molecule has 0 atom stereocenters. The molecule has 122 valence electrons. The molecule has 0 amide bonds. The molecule has 0 saturated carbocycles. The fourth-order valence-electron chi connectivity index (χ4n) is 2.23. The molecule has 1 aromatic carbocycles. The summed E-state index contributed by atoms with van der Waals surface area (Å²) in [5.74, 6) is 1.38. The third-order valence-corrected chi connectivity index (χ3v) is 5.50. The fraction of sp³-hybridized carbons (Fsp3) is 0.400. The quantitative estimate of drug-likeness (QED) is 0.498. The van der Waals surface area contributed by atoms with E-state index in [0.29, 0.717) is 5.75 Å². The Hall–Kier alpha value is -1.51. The van der Waals surface area contributed by atoms with Crippen molar-refractivity contribution in [3.05, 3.63) is 41.5 Å². The molecule has 8 heteroatoms. The molecule has 0 bridgehead atoms. The Bertz CT molecular complexity index is 770. The van der Waals surface area contributed by atoms with E-state index in [4.69, 9.17) is 5.73 Å². The lowest BCUT2D eigenvalue weighted by Gasteiger charge is -1.99. The van der Waals surface area contributed by atoms with Gasteiger partial charge in [-0.3, -0.25) is 0 Å². The standard InChI is InChI=1S/C15H18FN5S2/c16-12-6-4-5-11(9-12)10-22-15-20-21-13(7-2-1-3-8-17)18-19-14(21)23-15/h4-6,9H,1-3,7-8,10,17H2. The molecule has 0 aliphatic heterocycles. The molecule has 5 nitrogen and oxygen atoms in total. The number of aromatic nitrogens is 4. The summed E-state index contributed by atoms with van der Waals surface area (Å²) in [7, 11) is 0. The molecule has 0 aliphatic carbocycles. The number of aryl methyl sites for hydroxylation is 1. The van der Waals surface area contributed by atoms with Crippen molar-refractivity contribution in [3.8, 4) is 0 Å². The van der Waals surface area contributed by atoms with Crippen LogP contribution >= 0.6 is 23.1 Å². The first-order valence-electron chi connectivity index (χ1n) is 7.54. The Labute approximate surface area is 142 Å². The molecule has 3 aromatic rings. The fourth-order valence-corrected chi connectivity index (χ4v) is 4.07. The first kappa shape index (κ1) is 16.4. The lowest BCUT2D eigenvalue weighted by atomic mass is 10.2. The predicted octanol–water partition coefficient (Wildman–Crippen LogP) is 3.29. The highest BCUT2D eigenvalue weighted by Gasteiger charge is 2.12. The third kappa shape index (κ3) is 4.27. The summed E-state index contributed by atoms with van der Waals surface area (Å²) >= 11 is 3.10. The van der Waals surface area contributed by atoms with Gasteiger partial charge in [0, 0.05) is 12.2 Å². The van der Waals surface area contributed by atoms with Crippen molar-refractivity contribution in [2.45, 2.75) is 35.8 Å². The van der Waals surface area contributed by atoms with Gasteiger partial charge in [-0.05, 0) is 37.1 Å². The van der Waals surface area contributed by atoms with E-state index >= 15 is 0 Å². The van der Waals surface area contributed by atoms with E-state index in [9.17, 15) is 4.39 Å². The minimum Gasteiger partial charge on any atom is -0.330 e. The molecular formula is C15H18FN5S2. The van der Waals surface area contributed by atoms with Crippen molar-refractivity contribution in [1.29, 1.82) is 0 Å². The van der Waals surface area contributed by atoms with Gasteiger partial charge in [-0.2, -0.15) is 4.52 Å². The maximum atomic E-state index is 13.2. The highest BCUT2D eigenvalue weighted by molar-refractivity contribution is 8.00. The van der Waals surface area contributed by atoms with Crippen molar-refractivity contribution in [2.75, 3.05) is 6.54 Å². The maximum absolute atomic E-state index is 13.2. The molecule has 23 heavy (non-hydrogen) atoms. The van der Waals surface area contributed by atoms with Crippen molar-refractivity contribution in [3.63, 3.8) is 0 Å². The summed E-state index contributed by atoms with van der Waals surface area (Å²) in [6.07, 6.45) is 4.03. The number of unbranched alkanes of at least 4 members (excludes halogenated alkanes) is 2. The van der Waals surface area contributed by atoms with Crippen LogP contribution in [-0.4, -0.2) is 26.4 Å². The van der Waals surface area contributed by atoms with Crippen LogP contribution in [0.1, 0.15) is 30.7 Å². The zero-order valence-electron chi connectivity index (χ0n) is 12.6. The first-order valence-corrected chi connectivity index (χ1v) is 9.35. The molecule has 0 saturated heterocycles. The van der Waals surface area contributed by atoms with Gasteiger partial charge in [0.05, 0.1) is 0 Å². The van der Waals surface area contributed by atoms with Gasteiger partial charge in [-0.1, -0.05) is 41.7 Å². The SMILES string of the molecule is NCCCCCc1nnc2sc(SCc3cccc(F)c3)nn12. The average molecular weight is 351 g/mol. The van der Waals surface area contributed by atoms with E-state index in [2.05, 4.69) is 15.3 Å². The van der Waals surface area contributed by atoms with Crippen LogP contribution in [0.4, 0.5) is 4.39 Å². The maximum Gasteiger partial charge on any atom is 0.235 e. The molecule has 0 unspecified atom stereocenters. The largest absolute Gasteiger partial charge is 0.330 e. The summed E-state index contributed by atoms with van der Waals surface area (Å²) < 4.78 is 15.9. The second-order valence-electron chi connectivity index (χ2n) is 5.20. The Morgan fingerprint density at radius 1 is 1.22 bits per heavy atom. The molecule has 2 heterocycles. The summed E-state index contributed by atoms with van der Waals surface area (Å²) in [6, 6.07) is 6.65. The second-order valence-corrected chi connectivity index (χ2v) is 7.37. The van der Waals surface area contributed by atoms with Gasteiger partial charge >= 0.3 is 0 Å². The molecule has 0 fully saturated rings. The summed E-state index contributed by atoms with van der Waals surface area (Å²) in [5, 5.41) is 12.9. The number of hydrogen-bond donors (Lipinski definition) is 1. The van der Waals surface area contributed by atoms with Gasteiger partial charge in [-0.25, -0.2) is 4.39 Å². The van der Waals surface area contributed by atoms with Gasteiger partial charge in [0.15, 0.2) is 10.2 Å². The van der Waals surface area contributed by atoms with E-state index in [1.54, 1.807) is 23.9 Å². The number of rotatable bonds is 8. The van der Waals surface area contributed by atoms with Crippen molar-refractivity contribution < 1.29 is 4.39 Å². The number of halogens is 1. The molecule has 0 radical (unpaired) electrons. The monoisotopic (exact) mass is 351 g/mol. The van der Waals surface area contributed by atoms with Crippen LogP contribution in [0, 0.1) is 5.82 Å². The second kappa shape index (κ2) is 7.85. The molecule has 3 rings (SSSR count). The van der Waals surface area contributed by atoms with E-state index < -0.39 is 0 Å². The average Bonchev–Trinajstić information content (AvgIpc) is 3.10. The van der Waals surface area contributed by atoms with Crippen LogP contribution in [-0.2, 0) is 12.2 Å². The van der Waals surface area contributed by atoms with Crippen molar-refractivity contribution in [1.82, 2.24) is 19.8 Å². The number of nitrogens with zero attached hydrogens (tertiary/aromatic N) is 4. The third-order valence-electron chi connectivity index (χ3n) is 3.39. The number of thioether (sulfide) groups is 1. The number of fused-ring (bicyclic) bond motifs is 1. The summed E-state index contributed by atoms with van der Waals surface area (Å²) in [6.45, 7) is 0.729. The Morgan fingerprint density at radius 3 is 2.96 bits per heavy atom. The van der Waals surface area contributed by atoms with Crippen LogP contribution in [0.15, 0.2) is 28.6 Å². The van der Waals surface area contributed by atoms with Crippen LogP contribution in [0.5, 0.6) is 0 Å². The van der Waals surface area contributed by atoms with E-state index in [1.165, 1.54) is 17.4 Å². The smallest absolute Gasteiger partial charge is 0.235 e. The zero-order valence-corrected chi connectivity index (χ0v) is 14.2. The first-order chi connectivity index (χ1) is 11.3. The van der Waals surface area contributed by atoms with E-state index in [0.717, 1.165) is 52.9 Å². The molecule has 2 aromatic heterocycles. The molecule has 0 aliphatic rings. The zero-order chi connectivity index (χ0) is 16.1. The Kier molecular flexibility index (Phi) is 5.58. The van der Waals surface area contributed by atoms with Gasteiger partial charge in [0.2, 0.25) is 4.96 Å². The molecule has 0 spiro atoms. The molecule has 2 N–H and O–H groups in total. The van der Waals surface area contributed by atoms with Crippen LogP contribution in [0.25, 0.3) is 4.96 Å². The summed E-state index contributed by atoms with van der Waals surface area (Å²) in [5.41, 5.74) is 6.45. The number of hydrogen-bond acceptors (Lipinski definition) is 6.